The number of alkyl carbamates (subject to hydrolysis) is 1. The molecule has 0 saturated heterocycles. The topological polar surface area (TPSA) is 144 Å². The van der Waals surface area contributed by atoms with Gasteiger partial charge in [0.2, 0.25) is 13.6 Å². The molecule has 0 aromatic carbocycles. The van der Waals surface area contributed by atoms with Crippen LogP contribution in [-0.4, -0.2) is 59.8 Å². The number of amides is 1. The summed E-state index contributed by atoms with van der Waals surface area (Å²) in [7, 11) is 0. The Morgan fingerprint density at radius 1 is 0.735 bits per heavy atom. The Balaban J connectivity index is 5.13. The van der Waals surface area contributed by atoms with Gasteiger partial charge in [0, 0.05) is 0 Å². The number of carbonyl (C=O) groups is 5. The van der Waals surface area contributed by atoms with E-state index in [0.29, 0.717) is 11.8 Å². The van der Waals surface area contributed by atoms with Gasteiger partial charge in [-0.25, -0.2) is 14.4 Å². The fourth-order valence-electron chi connectivity index (χ4n) is 1.98. The van der Waals surface area contributed by atoms with Gasteiger partial charge in [-0.3, -0.25) is 9.59 Å². The standard InChI is InChI=1S/C22H37NO10S/c1-13(2)33-15(24)14(23-18(27)31-11-29-16(25)20(3,4)5)22(9,10)34-19(28)32-12-30-17(26)21(6,7)8/h13-14H,11-12H2,1-10H3,(H,23,27)/t14-/m0/s1. The van der Waals surface area contributed by atoms with Crippen molar-refractivity contribution < 1.29 is 47.7 Å². The van der Waals surface area contributed by atoms with Crippen LogP contribution in [0.15, 0.2) is 0 Å². The number of ether oxygens (including phenoxy) is 5. The van der Waals surface area contributed by atoms with E-state index in [0.717, 1.165) is 0 Å². The molecule has 1 N–H and O–H groups in total. The monoisotopic (exact) mass is 507 g/mol. The van der Waals surface area contributed by atoms with Gasteiger partial charge in [-0.1, -0.05) is 0 Å². The molecule has 0 fully saturated rings. The van der Waals surface area contributed by atoms with E-state index in [4.69, 9.17) is 23.7 Å². The average molecular weight is 508 g/mol. The first kappa shape index (κ1) is 31.5. The minimum absolute atomic E-state index is 0.495. The molecule has 0 heterocycles. The Labute approximate surface area is 204 Å². The van der Waals surface area contributed by atoms with E-state index in [-0.39, 0.29) is 0 Å². The van der Waals surface area contributed by atoms with Crippen LogP contribution in [0.1, 0.15) is 69.2 Å². The zero-order valence-electron chi connectivity index (χ0n) is 21.6. The second-order valence-corrected chi connectivity index (χ2v) is 11.8. The van der Waals surface area contributed by atoms with E-state index >= 15 is 0 Å². The summed E-state index contributed by atoms with van der Waals surface area (Å²) in [5, 5.41) is 1.49. The summed E-state index contributed by atoms with van der Waals surface area (Å²) in [6.07, 6.45) is -1.56. The predicted octanol–water partition coefficient (Wildman–Crippen LogP) is 3.77. The molecule has 11 nitrogen and oxygen atoms in total. The molecule has 0 aromatic heterocycles. The molecule has 1 atom stereocenters. The number of rotatable bonds is 9. The summed E-state index contributed by atoms with van der Waals surface area (Å²) >= 11 is 0.590. The zero-order chi connectivity index (χ0) is 26.9. The van der Waals surface area contributed by atoms with Gasteiger partial charge in [0.1, 0.15) is 6.04 Å². The first-order chi connectivity index (χ1) is 15.3. The molecule has 34 heavy (non-hydrogen) atoms. The third kappa shape index (κ3) is 12.1. The number of thioether (sulfide) groups is 1. The first-order valence-corrected chi connectivity index (χ1v) is 11.4. The predicted molar refractivity (Wildman–Crippen MR) is 124 cm³/mol. The highest BCUT2D eigenvalue weighted by Crippen LogP contribution is 2.31. The largest absolute Gasteiger partial charge is 0.461 e. The highest BCUT2D eigenvalue weighted by atomic mass is 32.2. The van der Waals surface area contributed by atoms with E-state index < -0.39 is 70.6 Å². The summed E-state index contributed by atoms with van der Waals surface area (Å²) in [4.78, 5) is 60.7. The lowest BCUT2D eigenvalue weighted by Crippen LogP contribution is -2.54. The van der Waals surface area contributed by atoms with Crippen LogP contribution in [0.5, 0.6) is 0 Å². The quantitative estimate of drug-likeness (QED) is 0.276. The fraction of sp³-hybridized carbons (Fsp3) is 0.773. The van der Waals surface area contributed by atoms with Crippen molar-refractivity contribution in [2.45, 2.75) is 86.1 Å². The van der Waals surface area contributed by atoms with Gasteiger partial charge in [-0.15, -0.1) is 0 Å². The molecule has 0 rings (SSSR count). The molecular formula is C22H37NO10S. The molecule has 196 valence electrons. The maximum absolute atomic E-state index is 12.6. The van der Waals surface area contributed by atoms with E-state index in [1.807, 2.05) is 0 Å². The van der Waals surface area contributed by atoms with Gasteiger partial charge >= 0.3 is 29.3 Å². The molecule has 12 heteroatoms. The number of hydrogen-bond donors (Lipinski definition) is 1. The van der Waals surface area contributed by atoms with Crippen molar-refractivity contribution >= 4 is 41.1 Å². The lowest BCUT2D eigenvalue weighted by molar-refractivity contribution is -0.162. The Hall–Kier alpha value is -2.50. The van der Waals surface area contributed by atoms with Gasteiger partial charge in [0.05, 0.1) is 21.7 Å². The van der Waals surface area contributed by atoms with Crippen molar-refractivity contribution in [3.63, 3.8) is 0 Å². The van der Waals surface area contributed by atoms with Crippen LogP contribution in [0, 0.1) is 10.8 Å². The van der Waals surface area contributed by atoms with Crippen LogP contribution in [0.3, 0.4) is 0 Å². The number of nitrogens with one attached hydrogen (secondary N) is 1. The Morgan fingerprint density at radius 3 is 1.59 bits per heavy atom. The second kappa shape index (κ2) is 12.8. The van der Waals surface area contributed by atoms with Crippen LogP contribution < -0.4 is 5.32 Å². The van der Waals surface area contributed by atoms with Gasteiger partial charge in [-0.05, 0) is 81.0 Å². The first-order valence-electron chi connectivity index (χ1n) is 10.6. The molecular weight excluding hydrogens is 470 g/mol. The van der Waals surface area contributed by atoms with E-state index in [1.165, 1.54) is 13.8 Å². The van der Waals surface area contributed by atoms with Crippen LogP contribution in [0.25, 0.3) is 0 Å². The third-order valence-electron chi connectivity index (χ3n) is 3.86. The minimum atomic E-state index is -1.34. The smallest absolute Gasteiger partial charge is 0.410 e. The molecule has 0 bridgehead atoms. The molecule has 0 aromatic rings. The fourth-order valence-corrected chi connectivity index (χ4v) is 2.79. The number of hydrogen-bond acceptors (Lipinski definition) is 11. The van der Waals surface area contributed by atoms with Crippen molar-refractivity contribution in [3.8, 4) is 0 Å². The van der Waals surface area contributed by atoms with Gasteiger partial charge in [-0.2, -0.15) is 0 Å². The van der Waals surface area contributed by atoms with E-state index in [2.05, 4.69) is 5.32 Å². The Morgan fingerprint density at radius 2 is 1.18 bits per heavy atom. The molecule has 1 amide bonds. The van der Waals surface area contributed by atoms with Crippen LogP contribution in [0.4, 0.5) is 9.59 Å². The lowest BCUT2D eigenvalue weighted by atomic mass is 9.97. The van der Waals surface area contributed by atoms with Crippen molar-refractivity contribution in [2.24, 2.45) is 10.8 Å². The number of esters is 3. The van der Waals surface area contributed by atoms with Gasteiger partial charge < -0.3 is 29.0 Å². The van der Waals surface area contributed by atoms with Crippen LogP contribution >= 0.6 is 11.8 Å². The van der Waals surface area contributed by atoms with Crippen LogP contribution in [0.2, 0.25) is 0 Å². The normalized spacial score (nSPS) is 12.9. The zero-order valence-corrected chi connectivity index (χ0v) is 22.4. The van der Waals surface area contributed by atoms with Crippen molar-refractivity contribution in [2.75, 3.05) is 13.6 Å². The van der Waals surface area contributed by atoms with Crippen molar-refractivity contribution in [1.82, 2.24) is 5.32 Å². The summed E-state index contributed by atoms with van der Waals surface area (Å²) in [5.41, 5.74) is -1.56. The Bertz CT molecular complexity index is 750. The second-order valence-electron chi connectivity index (χ2n) is 10.2. The third-order valence-corrected chi connectivity index (χ3v) is 4.91. The molecule has 0 aliphatic heterocycles. The van der Waals surface area contributed by atoms with Crippen molar-refractivity contribution in [1.29, 1.82) is 0 Å². The maximum atomic E-state index is 12.6. The molecule has 0 radical (unpaired) electrons. The summed E-state index contributed by atoms with van der Waals surface area (Å²) < 4.78 is 23.4. The van der Waals surface area contributed by atoms with Crippen LogP contribution in [-0.2, 0) is 38.1 Å². The Kier molecular flexibility index (Phi) is 11.9. The molecule has 0 aliphatic carbocycles. The molecule has 0 spiro atoms. The number of carbonyl (C=O) groups excluding carboxylic acids is 5. The SMILES string of the molecule is CC(C)OC(=O)[C@H](NC(=O)OCOC(=O)C(C)(C)C)C(C)(C)SC(=O)OCOC(=O)C(C)(C)C. The molecule has 0 aliphatic rings. The average Bonchev–Trinajstić information content (AvgIpc) is 2.63. The minimum Gasteiger partial charge on any atom is -0.461 e. The van der Waals surface area contributed by atoms with E-state index in [9.17, 15) is 24.0 Å². The van der Waals surface area contributed by atoms with E-state index in [1.54, 1.807) is 55.4 Å². The summed E-state index contributed by atoms with van der Waals surface area (Å²) in [5.74, 6) is -1.95. The lowest BCUT2D eigenvalue weighted by Gasteiger charge is -2.31. The van der Waals surface area contributed by atoms with Crippen molar-refractivity contribution in [3.05, 3.63) is 0 Å². The highest BCUT2D eigenvalue weighted by Gasteiger charge is 2.41. The summed E-state index contributed by atoms with van der Waals surface area (Å²) in [6.45, 7) is 14.8. The summed E-state index contributed by atoms with van der Waals surface area (Å²) in [6, 6.07) is -1.34. The van der Waals surface area contributed by atoms with Gasteiger partial charge in [0.15, 0.2) is 0 Å². The molecule has 0 saturated carbocycles. The molecule has 0 unspecified atom stereocenters. The maximum Gasteiger partial charge on any atom is 0.410 e. The highest BCUT2D eigenvalue weighted by molar-refractivity contribution is 8.14. The van der Waals surface area contributed by atoms with Gasteiger partial charge in [0.25, 0.3) is 0 Å².